The average molecular weight is 326 g/mol. The molecule has 0 aromatic heterocycles. The molecule has 2 aliphatic heterocycles. The summed E-state index contributed by atoms with van der Waals surface area (Å²) >= 11 is 1.04. The first-order valence-electron chi connectivity index (χ1n) is 7.01. The van der Waals surface area contributed by atoms with Gasteiger partial charge in [-0.1, -0.05) is 6.07 Å². The summed E-state index contributed by atoms with van der Waals surface area (Å²) in [6.07, 6.45) is 2.71. The Bertz CT molecular complexity index is 703. The lowest BCUT2D eigenvalue weighted by molar-refractivity contribution is 0.341. The third-order valence-electron chi connectivity index (χ3n) is 3.97. The van der Waals surface area contributed by atoms with Crippen molar-refractivity contribution in [3.05, 3.63) is 18.2 Å². The summed E-state index contributed by atoms with van der Waals surface area (Å²) in [4.78, 5) is 0.258. The molecule has 0 saturated carbocycles. The van der Waals surface area contributed by atoms with Crippen LogP contribution in [0.2, 0.25) is 0 Å². The van der Waals surface area contributed by atoms with Gasteiger partial charge < -0.3 is 5.32 Å². The second-order valence-corrected chi connectivity index (χ2v) is 7.74. The normalized spacial score (nSPS) is 21.9. The van der Waals surface area contributed by atoms with Crippen molar-refractivity contribution in [1.82, 2.24) is 9.62 Å². The molecule has 0 aliphatic carbocycles. The highest BCUT2D eigenvalue weighted by Gasteiger charge is 2.31. The zero-order valence-corrected chi connectivity index (χ0v) is 13.5. The Labute approximate surface area is 128 Å². The van der Waals surface area contributed by atoms with E-state index in [0.29, 0.717) is 11.4 Å². The average Bonchev–Trinajstić information content (AvgIpc) is 2.80. The molecule has 8 heteroatoms. The quantitative estimate of drug-likeness (QED) is 0.939. The van der Waals surface area contributed by atoms with Crippen molar-refractivity contribution in [2.75, 3.05) is 20.1 Å². The van der Waals surface area contributed by atoms with Gasteiger partial charge >= 0.3 is 0 Å². The molecule has 1 unspecified atom stereocenters. The summed E-state index contributed by atoms with van der Waals surface area (Å²) in [5, 5.41) is 3.31. The van der Waals surface area contributed by atoms with Crippen LogP contribution in [0.15, 0.2) is 31.8 Å². The van der Waals surface area contributed by atoms with Crippen molar-refractivity contribution in [3.8, 4) is 0 Å². The second-order valence-electron chi connectivity index (χ2n) is 5.24. The number of sulfonamides is 1. The molecule has 1 N–H and O–H groups in total. The van der Waals surface area contributed by atoms with E-state index in [1.54, 1.807) is 25.2 Å². The van der Waals surface area contributed by atoms with Gasteiger partial charge in [0.2, 0.25) is 10.0 Å². The van der Waals surface area contributed by atoms with E-state index in [-0.39, 0.29) is 10.9 Å². The number of hydrogen-bond donors (Lipinski definition) is 1. The Morgan fingerprint density at radius 1 is 1.29 bits per heavy atom. The molecule has 2 heterocycles. The van der Waals surface area contributed by atoms with E-state index in [1.807, 2.05) is 0 Å². The van der Waals surface area contributed by atoms with E-state index in [9.17, 15) is 8.42 Å². The van der Waals surface area contributed by atoms with Gasteiger partial charge in [0, 0.05) is 13.1 Å². The van der Waals surface area contributed by atoms with Crippen molar-refractivity contribution in [2.24, 2.45) is 8.73 Å². The predicted molar refractivity (Wildman–Crippen MR) is 83.4 cm³/mol. The molecule has 1 aromatic carbocycles. The highest BCUT2D eigenvalue weighted by Crippen LogP contribution is 2.38. The van der Waals surface area contributed by atoms with Crippen molar-refractivity contribution in [3.63, 3.8) is 0 Å². The molecule has 0 bridgehead atoms. The summed E-state index contributed by atoms with van der Waals surface area (Å²) in [5.74, 6) is 0. The molecule has 3 rings (SSSR count). The van der Waals surface area contributed by atoms with Gasteiger partial charge in [0.25, 0.3) is 0 Å². The standard InChI is InChI=1S/C13H18N4O2S2/c1-17(10-4-3-8-14-9-7-10)21(18,19)12-6-2-5-11-13(12)16-20-15-11/h2,5-6,10,14H,3-4,7-9H2,1H3. The van der Waals surface area contributed by atoms with Crippen LogP contribution >= 0.6 is 0 Å². The minimum absolute atomic E-state index is 0.0341. The van der Waals surface area contributed by atoms with Crippen LogP contribution in [0.5, 0.6) is 0 Å². The summed E-state index contributed by atoms with van der Waals surface area (Å²) in [6, 6.07) is 5.16. The fourth-order valence-corrected chi connectivity index (χ4v) is 4.87. The number of fused-ring (bicyclic) bond motifs is 1. The van der Waals surface area contributed by atoms with Crippen LogP contribution in [0, 0.1) is 0 Å². The first-order chi connectivity index (χ1) is 10.1. The van der Waals surface area contributed by atoms with Gasteiger partial charge in [-0.25, -0.2) is 8.42 Å². The number of hydrogen-bond acceptors (Lipinski definition) is 5. The number of rotatable bonds is 3. The SMILES string of the molecule is CN(C1CCCNCC1)S(=O)(=O)c1cccc2c1N=S=N2. The maximum Gasteiger partial charge on any atom is 0.245 e. The smallest absolute Gasteiger partial charge is 0.245 e. The van der Waals surface area contributed by atoms with Gasteiger partial charge in [-0.3, -0.25) is 0 Å². The van der Waals surface area contributed by atoms with Crippen LogP contribution in [-0.2, 0) is 21.4 Å². The van der Waals surface area contributed by atoms with Crippen LogP contribution in [-0.4, -0.2) is 38.9 Å². The van der Waals surface area contributed by atoms with Gasteiger partial charge in [-0.15, -0.1) is 0 Å². The Hall–Kier alpha value is -1.09. The molecule has 6 nitrogen and oxygen atoms in total. The Balaban J connectivity index is 1.93. The number of nitrogens with one attached hydrogen (secondary N) is 1. The zero-order valence-electron chi connectivity index (χ0n) is 11.8. The molecule has 0 spiro atoms. The Kier molecular flexibility index (Phi) is 4.21. The zero-order chi connectivity index (χ0) is 14.9. The van der Waals surface area contributed by atoms with E-state index in [2.05, 4.69) is 14.0 Å². The van der Waals surface area contributed by atoms with Gasteiger partial charge in [0.1, 0.15) is 16.3 Å². The van der Waals surface area contributed by atoms with Gasteiger partial charge in [0.05, 0.1) is 11.4 Å². The maximum atomic E-state index is 12.9. The summed E-state index contributed by atoms with van der Waals surface area (Å²) < 4.78 is 35.6. The first kappa shape index (κ1) is 14.8. The minimum Gasteiger partial charge on any atom is -0.317 e. The van der Waals surface area contributed by atoms with Crippen LogP contribution in [0.3, 0.4) is 0 Å². The minimum atomic E-state index is -3.54. The third kappa shape index (κ3) is 2.80. The Morgan fingerprint density at radius 3 is 3.00 bits per heavy atom. The van der Waals surface area contributed by atoms with E-state index in [1.165, 1.54) is 4.31 Å². The molecule has 1 saturated heterocycles. The van der Waals surface area contributed by atoms with Crippen molar-refractivity contribution in [2.45, 2.75) is 30.2 Å². The molecule has 0 amide bonds. The van der Waals surface area contributed by atoms with Crippen LogP contribution in [0.1, 0.15) is 19.3 Å². The van der Waals surface area contributed by atoms with Crippen molar-refractivity contribution in [1.29, 1.82) is 0 Å². The third-order valence-corrected chi connectivity index (χ3v) is 6.45. The van der Waals surface area contributed by atoms with Gasteiger partial charge in [-0.2, -0.15) is 13.0 Å². The van der Waals surface area contributed by atoms with Gasteiger partial charge in [0.15, 0.2) is 0 Å². The molecule has 2 aliphatic rings. The topological polar surface area (TPSA) is 74.1 Å². The Morgan fingerprint density at radius 2 is 2.14 bits per heavy atom. The molecule has 1 aromatic rings. The van der Waals surface area contributed by atoms with E-state index in [0.717, 1.165) is 43.7 Å². The molecule has 21 heavy (non-hydrogen) atoms. The van der Waals surface area contributed by atoms with Gasteiger partial charge in [-0.05, 0) is 44.5 Å². The monoisotopic (exact) mass is 326 g/mol. The summed E-state index contributed by atoms with van der Waals surface area (Å²) in [6.45, 7) is 1.81. The second kappa shape index (κ2) is 5.96. The predicted octanol–water partition coefficient (Wildman–Crippen LogP) is 2.18. The molecule has 1 atom stereocenters. The lowest BCUT2D eigenvalue weighted by atomic mass is 10.1. The fourth-order valence-electron chi connectivity index (χ4n) is 2.71. The van der Waals surface area contributed by atoms with E-state index >= 15 is 0 Å². The fraction of sp³-hybridized carbons (Fsp3) is 0.538. The summed E-state index contributed by atoms with van der Waals surface area (Å²) in [7, 11) is -1.87. The molecule has 1 fully saturated rings. The molecule has 114 valence electrons. The number of benzene rings is 1. The van der Waals surface area contributed by atoms with Crippen LogP contribution in [0.25, 0.3) is 0 Å². The molecular weight excluding hydrogens is 308 g/mol. The van der Waals surface area contributed by atoms with Crippen molar-refractivity contribution < 1.29 is 8.42 Å². The lowest BCUT2D eigenvalue weighted by Gasteiger charge is -2.26. The molecular formula is C13H18N4O2S2. The highest BCUT2D eigenvalue weighted by molar-refractivity contribution is 7.89. The van der Waals surface area contributed by atoms with Crippen LogP contribution in [0.4, 0.5) is 11.4 Å². The number of nitrogens with zero attached hydrogens (tertiary/aromatic N) is 3. The highest BCUT2D eigenvalue weighted by atomic mass is 32.2. The van der Waals surface area contributed by atoms with E-state index < -0.39 is 10.0 Å². The van der Waals surface area contributed by atoms with Crippen LogP contribution < -0.4 is 5.32 Å². The summed E-state index contributed by atoms with van der Waals surface area (Å²) in [5.41, 5.74) is 1.11. The largest absolute Gasteiger partial charge is 0.317 e. The first-order valence-corrected chi connectivity index (χ1v) is 9.18. The maximum absolute atomic E-state index is 12.9. The molecule has 0 radical (unpaired) electrons. The lowest BCUT2D eigenvalue weighted by Crippen LogP contribution is -2.37. The van der Waals surface area contributed by atoms with E-state index in [4.69, 9.17) is 0 Å². The van der Waals surface area contributed by atoms with Crippen molar-refractivity contribution >= 4 is 32.8 Å².